The van der Waals surface area contributed by atoms with Gasteiger partial charge in [-0.1, -0.05) is 18.9 Å². The topological polar surface area (TPSA) is 97.1 Å². The van der Waals surface area contributed by atoms with Crippen LogP contribution in [-0.4, -0.2) is 33.0 Å². The highest BCUT2D eigenvalue weighted by Crippen LogP contribution is 2.33. The van der Waals surface area contributed by atoms with E-state index < -0.39 is 4.92 Å². The minimum atomic E-state index is -0.397. The van der Waals surface area contributed by atoms with Gasteiger partial charge < -0.3 is 10.2 Å². The van der Waals surface area contributed by atoms with Crippen molar-refractivity contribution in [2.24, 2.45) is 0 Å². The van der Waals surface area contributed by atoms with E-state index in [1.54, 1.807) is 12.4 Å². The second-order valence-electron chi connectivity index (χ2n) is 5.77. The van der Waals surface area contributed by atoms with Gasteiger partial charge in [0.15, 0.2) is 0 Å². The summed E-state index contributed by atoms with van der Waals surface area (Å²) in [5.41, 5.74) is 0.880. The van der Waals surface area contributed by atoms with E-state index in [1.165, 1.54) is 6.33 Å². The van der Waals surface area contributed by atoms with Gasteiger partial charge in [-0.15, -0.1) is 0 Å². The number of nitrogens with one attached hydrogen (secondary N) is 1. The Hall–Kier alpha value is -2.77. The number of nitrogens with zero attached hydrogens (tertiary/aromatic N) is 5. The average molecular weight is 328 g/mol. The molecule has 8 heteroatoms. The fraction of sp³-hybridized carbons (Fsp3) is 0.438. The first-order valence-electron chi connectivity index (χ1n) is 8.13. The Balaban J connectivity index is 1.86. The fourth-order valence-corrected chi connectivity index (χ4v) is 2.87. The third kappa shape index (κ3) is 3.76. The molecule has 0 radical (unpaired) electrons. The van der Waals surface area contributed by atoms with E-state index in [2.05, 4.69) is 20.3 Å². The molecule has 0 amide bonds. The Morgan fingerprint density at radius 2 is 2.00 bits per heavy atom. The van der Waals surface area contributed by atoms with Crippen LogP contribution >= 0.6 is 0 Å². The Bertz CT molecular complexity index is 686. The zero-order chi connectivity index (χ0) is 16.8. The summed E-state index contributed by atoms with van der Waals surface area (Å²) in [6, 6.07) is 3.73. The lowest BCUT2D eigenvalue weighted by Gasteiger charge is -2.21. The average Bonchev–Trinajstić information content (AvgIpc) is 2.89. The van der Waals surface area contributed by atoms with E-state index >= 15 is 0 Å². The standard InChI is InChI=1S/C16H20N6O2/c23-22(24)14-15(18-11-13-6-5-7-17-10-13)19-12-20-16(14)21-8-3-1-2-4-9-21/h5-7,10,12H,1-4,8-9,11H2,(H,18,19,20). The van der Waals surface area contributed by atoms with Gasteiger partial charge in [0.2, 0.25) is 11.6 Å². The molecule has 1 fully saturated rings. The molecule has 0 bridgehead atoms. The molecular formula is C16H20N6O2. The second-order valence-corrected chi connectivity index (χ2v) is 5.77. The van der Waals surface area contributed by atoms with Gasteiger partial charge in [0.05, 0.1) is 4.92 Å². The molecule has 2 aromatic heterocycles. The van der Waals surface area contributed by atoms with Crippen LogP contribution in [0.1, 0.15) is 31.2 Å². The fourth-order valence-electron chi connectivity index (χ4n) is 2.87. The summed E-state index contributed by atoms with van der Waals surface area (Å²) in [6.07, 6.45) is 9.16. The molecule has 3 heterocycles. The molecule has 0 spiro atoms. The first-order chi connectivity index (χ1) is 11.8. The van der Waals surface area contributed by atoms with Crippen LogP contribution in [0.15, 0.2) is 30.9 Å². The molecule has 8 nitrogen and oxygen atoms in total. The highest BCUT2D eigenvalue weighted by atomic mass is 16.6. The Morgan fingerprint density at radius 1 is 1.21 bits per heavy atom. The van der Waals surface area contributed by atoms with Gasteiger partial charge in [-0.3, -0.25) is 15.1 Å². The SMILES string of the molecule is O=[N+]([O-])c1c(NCc2cccnc2)ncnc1N1CCCCCC1. The number of pyridine rings is 1. The summed E-state index contributed by atoms with van der Waals surface area (Å²) in [5, 5.41) is 14.7. The van der Waals surface area contributed by atoms with Gasteiger partial charge >= 0.3 is 5.69 Å². The van der Waals surface area contributed by atoms with Crippen LogP contribution in [0.2, 0.25) is 0 Å². The van der Waals surface area contributed by atoms with Crippen LogP contribution in [0.5, 0.6) is 0 Å². The zero-order valence-electron chi connectivity index (χ0n) is 13.4. The molecule has 1 aliphatic rings. The van der Waals surface area contributed by atoms with E-state index in [-0.39, 0.29) is 11.5 Å². The molecule has 24 heavy (non-hydrogen) atoms. The van der Waals surface area contributed by atoms with Crippen LogP contribution < -0.4 is 10.2 Å². The third-order valence-electron chi connectivity index (χ3n) is 4.07. The number of aromatic nitrogens is 3. The maximum atomic E-state index is 11.6. The van der Waals surface area contributed by atoms with E-state index in [0.717, 1.165) is 44.3 Å². The highest BCUT2D eigenvalue weighted by Gasteiger charge is 2.27. The Kier molecular flexibility index (Phi) is 5.15. The second kappa shape index (κ2) is 7.67. The van der Waals surface area contributed by atoms with E-state index in [0.29, 0.717) is 12.4 Å². The number of nitro groups is 1. The predicted octanol–water partition coefficient (Wildman–Crippen LogP) is 2.77. The Morgan fingerprint density at radius 3 is 2.67 bits per heavy atom. The molecule has 126 valence electrons. The molecule has 0 saturated carbocycles. The van der Waals surface area contributed by atoms with Crippen LogP contribution in [0, 0.1) is 10.1 Å². The lowest BCUT2D eigenvalue weighted by Crippen LogP contribution is -2.26. The van der Waals surface area contributed by atoms with Crippen LogP contribution in [0.3, 0.4) is 0 Å². The van der Waals surface area contributed by atoms with E-state index in [1.807, 2.05) is 17.0 Å². The quantitative estimate of drug-likeness (QED) is 0.665. The van der Waals surface area contributed by atoms with Crippen molar-refractivity contribution in [3.63, 3.8) is 0 Å². The largest absolute Gasteiger partial charge is 0.360 e. The van der Waals surface area contributed by atoms with Crippen molar-refractivity contribution in [1.29, 1.82) is 0 Å². The lowest BCUT2D eigenvalue weighted by atomic mass is 10.2. The first-order valence-corrected chi connectivity index (χ1v) is 8.13. The number of rotatable bonds is 5. The maximum Gasteiger partial charge on any atom is 0.353 e. The lowest BCUT2D eigenvalue weighted by molar-refractivity contribution is -0.383. The molecular weight excluding hydrogens is 308 g/mol. The molecule has 0 atom stereocenters. The maximum absolute atomic E-state index is 11.6. The molecule has 2 aromatic rings. The number of hydrogen-bond donors (Lipinski definition) is 1. The van der Waals surface area contributed by atoms with Crippen molar-refractivity contribution in [3.05, 3.63) is 46.5 Å². The molecule has 0 aromatic carbocycles. The van der Waals surface area contributed by atoms with E-state index in [4.69, 9.17) is 0 Å². The summed E-state index contributed by atoms with van der Waals surface area (Å²) in [5.74, 6) is 0.656. The molecule has 1 aliphatic heterocycles. The van der Waals surface area contributed by atoms with Gasteiger partial charge in [0.1, 0.15) is 6.33 Å². The molecule has 1 saturated heterocycles. The normalized spacial score (nSPS) is 14.9. The minimum Gasteiger partial charge on any atom is -0.360 e. The number of anilines is 2. The molecule has 1 N–H and O–H groups in total. The van der Waals surface area contributed by atoms with Crippen molar-refractivity contribution >= 4 is 17.3 Å². The van der Waals surface area contributed by atoms with Crippen LogP contribution in [0.4, 0.5) is 17.3 Å². The van der Waals surface area contributed by atoms with E-state index in [9.17, 15) is 10.1 Å². The summed E-state index contributed by atoms with van der Waals surface area (Å²) in [7, 11) is 0. The minimum absolute atomic E-state index is 0.0525. The molecule has 0 unspecified atom stereocenters. The smallest absolute Gasteiger partial charge is 0.353 e. The van der Waals surface area contributed by atoms with Gasteiger partial charge in [-0.25, -0.2) is 9.97 Å². The number of hydrogen-bond acceptors (Lipinski definition) is 7. The van der Waals surface area contributed by atoms with Gasteiger partial charge in [-0.2, -0.15) is 0 Å². The highest BCUT2D eigenvalue weighted by molar-refractivity contribution is 5.70. The van der Waals surface area contributed by atoms with Crippen molar-refractivity contribution in [2.75, 3.05) is 23.3 Å². The van der Waals surface area contributed by atoms with Crippen LogP contribution in [0.25, 0.3) is 0 Å². The van der Waals surface area contributed by atoms with Crippen LogP contribution in [-0.2, 0) is 6.54 Å². The summed E-state index contributed by atoms with van der Waals surface area (Å²) < 4.78 is 0. The zero-order valence-corrected chi connectivity index (χ0v) is 13.4. The molecule has 0 aliphatic carbocycles. The van der Waals surface area contributed by atoms with Crippen molar-refractivity contribution in [2.45, 2.75) is 32.2 Å². The third-order valence-corrected chi connectivity index (χ3v) is 4.07. The predicted molar refractivity (Wildman–Crippen MR) is 90.9 cm³/mol. The first kappa shape index (κ1) is 16.1. The summed E-state index contributed by atoms with van der Waals surface area (Å²) in [6.45, 7) is 2.00. The van der Waals surface area contributed by atoms with Crippen molar-refractivity contribution in [3.8, 4) is 0 Å². The van der Waals surface area contributed by atoms with Crippen molar-refractivity contribution in [1.82, 2.24) is 15.0 Å². The molecule has 3 rings (SSSR count). The summed E-state index contributed by atoms with van der Waals surface area (Å²) in [4.78, 5) is 25.6. The monoisotopic (exact) mass is 328 g/mol. The Labute approximate surface area is 140 Å². The van der Waals surface area contributed by atoms with Gasteiger partial charge in [0, 0.05) is 32.0 Å². The van der Waals surface area contributed by atoms with Crippen molar-refractivity contribution < 1.29 is 4.92 Å². The van der Waals surface area contributed by atoms with Gasteiger partial charge in [0.25, 0.3) is 0 Å². The van der Waals surface area contributed by atoms with Gasteiger partial charge in [-0.05, 0) is 24.5 Å². The summed E-state index contributed by atoms with van der Waals surface area (Å²) >= 11 is 0.